The second-order valence-corrected chi connectivity index (χ2v) is 5.97. The summed E-state index contributed by atoms with van der Waals surface area (Å²) in [5.41, 5.74) is 0.975. The Balaban J connectivity index is 1.57. The smallest absolute Gasteiger partial charge is 0.261 e. The molecule has 1 aliphatic rings. The average molecular weight is 351 g/mol. The van der Waals surface area contributed by atoms with Gasteiger partial charge in [0.1, 0.15) is 25.6 Å². The number of carbonyl (C=O) groups excluding carboxylic acids is 1. The molecule has 0 saturated heterocycles. The minimum atomic E-state index is -0.316. The van der Waals surface area contributed by atoms with E-state index >= 15 is 0 Å². The highest BCUT2D eigenvalue weighted by molar-refractivity contribution is 5.91. The molecule has 1 amide bonds. The lowest BCUT2D eigenvalue weighted by molar-refractivity contribution is -0.116. The Morgan fingerprint density at radius 3 is 2.77 bits per heavy atom. The summed E-state index contributed by atoms with van der Waals surface area (Å²) in [6.07, 6.45) is 0. The van der Waals surface area contributed by atoms with Crippen LogP contribution in [-0.2, 0) is 11.3 Å². The van der Waals surface area contributed by atoms with Crippen LogP contribution in [0.4, 0.5) is 5.69 Å². The minimum Gasteiger partial charge on any atom is -0.486 e. The quantitative estimate of drug-likeness (QED) is 0.781. The maximum atomic E-state index is 12.6. The van der Waals surface area contributed by atoms with Gasteiger partial charge in [-0.3, -0.25) is 14.2 Å². The number of fused-ring (bicyclic) bond motifs is 2. The van der Waals surface area contributed by atoms with Crippen molar-refractivity contribution in [2.75, 3.05) is 18.5 Å². The molecule has 26 heavy (non-hydrogen) atoms. The lowest BCUT2D eigenvalue weighted by atomic mass is 10.2. The molecule has 0 bridgehead atoms. The van der Waals surface area contributed by atoms with E-state index in [-0.39, 0.29) is 18.0 Å². The Labute approximate surface area is 149 Å². The zero-order chi connectivity index (χ0) is 18.1. The summed E-state index contributed by atoms with van der Waals surface area (Å²) >= 11 is 0. The Morgan fingerprint density at radius 2 is 1.92 bits per heavy atom. The number of carbonyl (C=O) groups is 1. The number of benzene rings is 2. The van der Waals surface area contributed by atoms with E-state index in [1.54, 1.807) is 43.3 Å². The van der Waals surface area contributed by atoms with Crippen LogP contribution in [0, 0.1) is 6.92 Å². The topological polar surface area (TPSA) is 82.5 Å². The van der Waals surface area contributed by atoms with Crippen LogP contribution in [0.5, 0.6) is 11.5 Å². The summed E-state index contributed by atoms with van der Waals surface area (Å²) in [5, 5.41) is 3.27. The molecule has 7 nitrogen and oxygen atoms in total. The molecule has 4 rings (SSSR count). The summed E-state index contributed by atoms with van der Waals surface area (Å²) in [4.78, 5) is 29.5. The highest BCUT2D eigenvalue weighted by atomic mass is 16.6. The fourth-order valence-corrected chi connectivity index (χ4v) is 2.93. The van der Waals surface area contributed by atoms with Crippen molar-refractivity contribution in [3.05, 3.63) is 58.6 Å². The molecule has 0 fully saturated rings. The number of aryl methyl sites for hydroxylation is 1. The minimum absolute atomic E-state index is 0.114. The first-order valence-electron chi connectivity index (χ1n) is 8.27. The molecule has 7 heteroatoms. The molecule has 0 atom stereocenters. The van der Waals surface area contributed by atoms with Crippen molar-refractivity contribution in [3.8, 4) is 11.5 Å². The predicted octanol–water partition coefficient (Wildman–Crippen LogP) is 2.11. The lowest BCUT2D eigenvalue weighted by Gasteiger charge is -2.19. The maximum Gasteiger partial charge on any atom is 0.261 e. The van der Waals surface area contributed by atoms with Gasteiger partial charge in [0.05, 0.1) is 10.9 Å². The van der Waals surface area contributed by atoms with E-state index in [2.05, 4.69) is 10.3 Å². The molecule has 0 saturated carbocycles. The van der Waals surface area contributed by atoms with Crippen LogP contribution in [0.2, 0.25) is 0 Å². The number of para-hydroxylation sites is 1. The monoisotopic (exact) mass is 351 g/mol. The predicted molar refractivity (Wildman–Crippen MR) is 96.8 cm³/mol. The molecule has 1 aromatic heterocycles. The van der Waals surface area contributed by atoms with Crippen LogP contribution in [-0.4, -0.2) is 28.7 Å². The standard InChI is InChI=1S/C19H17N3O4/c1-12-20-15-5-3-2-4-14(15)19(24)22(12)11-18(23)21-13-6-7-16-17(10-13)26-9-8-25-16/h2-7,10H,8-9,11H2,1H3,(H,21,23). The third-order valence-corrected chi connectivity index (χ3v) is 4.18. The van der Waals surface area contributed by atoms with Crippen LogP contribution in [0.1, 0.15) is 5.82 Å². The van der Waals surface area contributed by atoms with Gasteiger partial charge in [0.2, 0.25) is 5.91 Å². The second kappa shape index (κ2) is 6.51. The van der Waals surface area contributed by atoms with Crippen LogP contribution in [0.25, 0.3) is 10.9 Å². The Hall–Kier alpha value is -3.35. The number of rotatable bonds is 3. The van der Waals surface area contributed by atoms with Gasteiger partial charge in [0.15, 0.2) is 11.5 Å². The first-order valence-corrected chi connectivity index (χ1v) is 8.27. The van der Waals surface area contributed by atoms with Crippen molar-refractivity contribution < 1.29 is 14.3 Å². The summed E-state index contributed by atoms with van der Waals surface area (Å²) in [5.74, 6) is 1.42. The number of nitrogens with one attached hydrogen (secondary N) is 1. The van der Waals surface area contributed by atoms with Crippen molar-refractivity contribution in [2.24, 2.45) is 0 Å². The fourth-order valence-electron chi connectivity index (χ4n) is 2.93. The molecule has 2 aromatic carbocycles. The van der Waals surface area contributed by atoms with Gasteiger partial charge in [-0.05, 0) is 31.2 Å². The van der Waals surface area contributed by atoms with Gasteiger partial charge in [0.25, 0.3) is 5.56 Å². The van der Waals surface area contributed by atoms with E-state index in [1.807, 2.05) is 6.07 Å². The summed E-state index contributed by atoms with van der Waals surface area (Å²) in [6.45, 7) is 2.58. The zero-order valence-corrected chi connectivity index (χ0v) is 14.2. The van der Waals surface area contributed by atoms with E-state index in [9.17, 15) is 9.59 Å². The summed E-state index contributed by atoms with van der Waals surface area (Å²) in [7, 11) is 0. The van der Waals surface area contributed by atoms with Crippen molar-refractivity contribution >= 4 is 22.5 Å². The molecule has 0 unspecified atom stereocenters. The van der Waals surface area contributed by atoms with Gasteiger partial charge < -0.3 is 14.8 Å². The van der Waals surface area contributed by atoms with E-state index in [4.69, 9.17) is 9.47 Å². The zero-order valence-electron chi connectivity index (χ0n) is 14.2. The van der Waals surface area contributed by atoms with Gasteiger partial charge in [-0.2, -0.15) is 0 Å². The SMILES string of the molecule is Cc1nc2ccccc2c(=O)n1CC(=O)Nc1ccc2c(c1)OCCO2. The number of anilines is 1. The summed E-state index contributed by atoms with van der Waals surface area (Å²) in [6, 6.07) is 12.3. The Kier molecular flexibility index (Phi) is 4.04. The highest BCUT2D eigenvalue weighted by Gasteiger charge is 2.14. The number of hydrogen-bond acceptors (Lipinski definition) is 5. The van der Waals surface area contributed by atoms with Crippen molar-refractivity contribution in [1.29, 1.82) is 0 Å². The van der Waals surface area contributed by atoms with Crippen LogP contribution in [0.15, 0.2) is 47.3 Å². The van der Waals surface area contributed by atoms with E-state index < -0.39 is 0 Å². The van der Waals surface area contributed by atoms with E-state index in [0.29, 0.717) is 47.1 Å². The molecule has 132 valence electrons. The normalized spacial score (nSPS) is 12.8. The summed E-state index contributed by atoms with van der Waals surface area (Å²) < 4.78 is 12.3. The number of amides is 1. The Morgan fingerprint density at radius 1 is 1.15 bits per heavy atom. The molecular formula is C19H17N3O4. The van der Waals surface area contributed by atoms with E-state index in [1.165, 1.54) is 4.57 Å². The number of hydrogen-bond donors (Lipinski definition) is 1. The number of nitrogens with zero attached hydrogens (tertiary/aromatic N) is 2. The molecule has 2 heterocycles. The van der Waals surface area contributed by atoms with Crippen LogP contribution < -0.4 is 20.3 Å². The number of aromatic nitrogens is 2. The highest BCUT2D eigenvalue weighted by Crippen LogP contribution is 2.32. The third kappa shape index (κ3) is 2.99. The molecule has 0 radical (unpaired) electrons. The van der Waals surface area contributed by atoms with E-state index in [0.717, 1.165) is 0 Å². The van der Waals surface area contributed by atoms with Gasteiger partial charge in [0, 0.05) is 11.8 Å². The van der Waals surface area contributed by atoms with Gasteiger partial charge in [-0.25, -0.2) is 4.98 Å². The molecular weight excluding hydrogens is 334 g/mol. The molecule has 0 aliphatic carbocycles. The third-order valence-electron chi connectivity index (χ3n) is 4.18. The first-order chi connectivity index (χ1) is 12.6. The average Bonchev–Trinajstić information content (AvgIpc) is 2.65. The molecule has 3 aromatic rings. The van der Waals surface area contributed by atoms with Crippen molar-refractivity contribution in [3.63, 3.8) is 0 Å². The fraction of sp³-hybridized carbons (Fsp3) is 0.211. The number of ether oxygens (including phenoxy) is 2. The molecule has 0 spiro atoms. The van der Waals surface area contributed by atoms with Crippen molar-refractivity contribution in [1.82, 2.24) is 9.55 Å². The van der Waals surface area contributed by atoms with Crippen LogP contribution in [0.3, 0.4) is 0 Å². The lowest BCUT2D eigenvalue weighted by Crippen LogP contribution is -2.30. The first kappa shape index (κ1) is 16.1. The van der Waals surface area contributed by atoms with Gasteiger partial charge in [-0.1, -0.05) is 12.1 Å². The molecule has 1 aliphatic heterocycles. The van der Waals surface area contributed by atoms with Gasteiger partial charge >= 0.3 is 0 Å². The van der Waals surface area contributed by atoms with Crippen molar-refractivity contribution in [2.45, 2.75) is 13.5 Å². The second-order valence-electron chi connectivity index (χ2n) is 5.97. The molecule has 1 N–H and O–H groups in total. The maximum absolute atomic E-state index is 12.6. The largest absolute Gasteiger partial charge is 0.486 e. The van der Waals surface area contributed by atoms with Gasteiger partial charge in [-0.15, -0.1) is 0 Å². The Bertz CT molecular complexity index is 1060. The van der Waals surface area contributed by atoms with Crippen LogP contribution >= 0.6 is 0 Å².